The summed E-state index contributed by atoms with van der Waals surface area (Å²) in [6, 6.07) is -0.247. The molecular weight excluding hydrogens is 244 g/mol. The van der Waals surface area contributed by atoms with E-state index in [9.17, 15) is 14.7 Å². The van der Waals surface area contributed by atoms with Gasteiger partial charge < -0.3 is 15.3 Å². The second-order valence-corrected chi connectivity index (χ2v) is 5.61. The maximum atomic E-state index is 12.2. The molecule has 1 fully saturated rings. The Balaban J connectivity index is 2.60. The fourth-order valence-electron chi connectivity index (χ4n) is 2.38. The molecule has 1 aliphatic heterocycles. The zero-order valence-corrected chi connectivity index (χ0v) is 12.2. The van der Waals surface area contributed by atoms with Crippen molar-refractivity contribution in [2.75, 3.05) is 13.1 Å². The maximum absolute atomic E-state index is 12.2. The number of amides is 2. The molecule has 0 spiro atoms. The number of rotatable bonds is 4. The van der Waals surface area contributed by atoms with Crippen molar-refractivity contribution in [1.29, 1.82) is 0 Å². The van der Waals surface area contributed by atoms with Crippen LogP contribution in [0, 0.1) is 5.92 Å². The van der Waals surface area contributed by atoms with Crippen molar-refractivity contribution in [2.24, 2.45) is 5.92 Å². The van der Waals surface area contributed by atoms with E-state index in [2.05, 4.69) is 12.2 Å². The molecular formula is C14H26N2O3. The van der Waals surface area contributed by atoms with Crippen molar-refractivity contribution in [1.82, 2.24) is 10.2 Å². The van der Waals surface area contributed by atoms with E-state index in [0.29, 0.717) is 12.3 Å². The van der Waals surface area contributed by atoms with Crippen molar-refractivity contribution in [3.8, 4) is 0 Å². The van der Waals surface area contributed by atoms with E-state index >= 15 is 0 Å². The molecule has 5 heteroatoms. The van der Waals surface area contributed by atoms with Gasteiger partial charge in [0.2, 0.25) is 0 Å². The molecule has 1 heterocycles. The second kappa shape index (κ2) is 6.78. The van der Waals surface area contributed by atoms with Crippen LogP contribution in [0.4, 0.5) is 4.79 Å². The minimum absolute atomic E-state index is 0.247. The number of nitrogens with zero attached hydrogens (tertiary/aromatic N) is 1. The standard InChI is InChI=1S/C14H26N2O3/c1-4-11-7-6-9-16(10-8-11)13(19)15-14(3,5-2)12(17)18/h11H,4-10H2,1-3H3,(H,15,19)(H,17,18). The zero-order chi connectivity index (χ0) is 14.5. The van der Waals surface area contributed by atoms with Crippen molar-refractivity contribution >= 4 is 12.0 Å². The van der Waals surface area contributed by atoms with Crippen LogP contribution in [0.15, 0.2) is 0 Å². The summed E-state index contributed by atoms with van der Waals surface area (Å²) in [6.45, 7) is 6.95. The Bertz CT molecular complexity index is 333. The summed E-state index contributed by atoms with van der Waals surface area (Å²) in [5, 5.41) is 11.8. The number of likely N-dealkylation sites (tertiary alicyclic amines) is 1. The summed E-state index contributed by atoms with van der Waals surface area (Å²) in [6.07, 6.45) is 4.70. The van der Waals surface area contributed by atoms with E-state index < -0.39 is 11.5 Å². The Morgan fingerprint density at radius 3 is 2.53 bits per heavy atom. The average Bonchev–Trinajstić information content (AvgIpc) is 2.63. The number of nitrogens with one attached hydrogen (secondary N) is 1. The number of carboxylic acids is 1. The molecule has 0 aromatic rings. The normalized spacial score (nSPS) is 23.3. The predicted octanol–water partition coefficient (Wildman–Crippen LogP) is 2.46. The summed E-state index contributed by atoms with van der Waals surface area (Å²) in [7, 11) is 0. The second-order valence-electron chi connectivity index (χ2n) is 5.61. The Kier molecular flexibility index (Phi) is 5.63. The molecule has 1 rings (SSSR count). The highest BCUT2D eigenvalue weighted by Gasteiger charge is 2.34. The predicted molar refractivity (Wildman–Crippen MR) is 74.1 cm³/mol. The van der Waals surface area contributed by atoms with Gasteiger partial charge in [-0.3, -0.25) is 0 Å². The smallest absolute Gasteiger partial charge is 0.329 e. The summed E-state index contributed by atoms with van der Waals surface area (Å²) in [5.41, 5.74) is -1.17. The molecule has 0 aromatic heterocycles. The molecule has 5 nitrogen and oxygen atoms in total. The highest BCUT2D eigenvalue weighted by molar-refractivity contribution is 5.85. The lowest BCUT2D eigenvalue weighted by Gasteiger charge is -2.29. The van der Waals surface area contributed by atoms with Gasteiger partial charge in [0.1, 0.15) is 5.54 Å². The third-order valence-corrected chi connectivity index (χ3v) is 4.27. The SMILES string of the molecule is CCC1CCCN(C(=O)NC(C)(CC)C(=O)O)CC1. The average molecular weight is 270 g/mol. The fraction of sp³-hybridized carbons (Fsp3) is 0.857. The van der Waals surface area contributed by atoms with E-state index in [-0.39, 0.29) is 6.03 Å². The Hall–Kier alpha value is -1.26. The van der Waals surface area contributed by atoms with Crippen LogP contribution in [0.5, 0.6) is 0 Å². The molecule has 0 bridgehead atoms. The van der Waals surface area contributed by atoms with E-state index in [1.807, 2.05) is 0 Å². The number of hydrogen-bond donors (Lipinski definition) is 2. The minimum Gasteiger partial charge on any atom is -0.480 e. The van der Waals surface area contributed by atoms with Crippen LogP contribution in [0.25, 0.3) is 0 Å². The monoisotopic (exact) mass is 270 g/mol. The Morgan fingerprint density at radius 1 is 1.32 bits per heavy atom. The van der Waals surface area contributed by atoms with E-state index in [4.69, 9.17) is 0 Å². The first-order chi connectivity index (χ1) is 8.92. The highest BCUT2D eigenvalue weighted by atomic mass is 16.4. The van der Waals surface area contributed by atoms with Crippen LogP contribution < -0.4 is 5.32 Å². The molecule has 0 radical (unpaired) electrons. The molecule has 0 saturated carbocycles. The molecule has 2 unspecified atom stereocenters. The lowest BCUT2D eigenvalue weighted by molar-refractivity contribution is -0.143. The fourth-order valence-corrected chi connectivity index (χ4v) is 2.38. The molecule has 2 atom stereocenters. The summed E-state index contributed by atoms with van der Waals surface area (Å²) >= 11 is 0. The van der Waals surface area contributed by atoms with E-state index in [1.165, 1.54) is 0 Å². The van der Waals surface area contributed by atoms with Crippen molar-refractivity contribution in [3.63, 3.8) is 0 Å². The van der Waals surface area contributed by atoms with Gasteiger partial charge in [0.15, 0.2) is 0 Å². The van der Waals surface area contributed by atoms with Crippen LogP contribution >= 0.6 is 0 Å². The van der Waals surface area contributed by atoms with Crippen molar-refractivity contribution in [3.05, 3.63) is 0 Å². The lowest BCUT2D eigenvalue weighted by Crippen LogP contribution is -2.55. The largest absolute Gasteiger partial charge is 0.480 e. The van der Waals surface area contributed by atoms with Crippen LogP contribution in [0.3, 0.4) is 0 Å². The highest BCUT2D eigenvalue weighted by Crippen LogP contribution is 2.20. The molecule has 0 aromatic carbocycles. The number of carbonyl (C=O) groups is 2. The van der Waals surface area contributed by atoms with Gasteiger partial charge in [-0.25, -0.2) is 9.59 Å². The third kappa shape index (κ3) is 4.11. The van der Waals surface area contributed by atoms with Crippen LogP contribution in [0.2, 0.25) is 0 Å². The summed E-state index contributed by atoms with van der Waals surface area (Å²) in [4.78, 5) is 25.1. The van der Waals surface area contributed by atoms with Crippen molar-refractivity contribution < 1.29 is 14.7 Å². The molecule has 2 N–H and O–H groups in total. The zero-order valence-electron chi connectivity index (χ0n) is 12.2. The van der Waals surface area contributed by atoms with Gasteiger partial charge in [0.25, 0.3) is 0 Å². The minimum atomic E-state index is -1.17. The van der Waals surface area contributed by atoms with Gasteiger partial charge in [0.05, 0.1) is 0 Å². The first kappa shape index (κ1) is 15.8. The molecule has 1 saturated heterocycles. The number of aliphatic carboxylic acids is 1. The van der Waals surface area contributed by atoms with Gasteiger partial charge >= 0.3 is 12.0 Å². The first-order valence-electron chi connectivity index (χ1n) is 7.23. The molecule has 0 aliphatic carbocycles. The van der Waals surface area contributed by atoms with Gasteiger partial charge in [-0.05, 0) is 38.5 Å². The molecule has 1 aliphatic rings. The number of hydrogen-bond acceptors (Lipinski definition) is 2. The Labute approximate surface area is 115 Å². The third-order valence-electron chi connectivity index (χ3n) is 4.27. The van der Waals surface area contributed by atoms with Gasteiger partial charge in [-0.1, -0.05) is 20.3 Å². The maximum Gasteiger partial charge on any atom is 0.329 e. The van der Waals surface area contributed by atoms with Crippen LogP contribution in [0.1, 0.15) is 52.9 Å². The van der Waals surface area contributed by atoms with Gasteiger partial charge in [-0.2, -0.15) is 0 Å². The number of carbonyl (C=O) groups excluding carboxylic acids is 1. The van der Waals surface area contributed by atoms with Gasteiger partial charge in [0, 0.05) is 13.1 Å². The molecule has 110 valence electrons. The quantitative estimate of drug-likeness (QED) is 0.824. The molecule has 19 heavy (non-hydrogen) atoms. The number of urea groups is 1. The first-order valence-corrected chi connectivity index (χ1v) is 7.23. The van der Waals surface area contributed by atoms with E-state index in [0.717, 1.165) is 38.8 Å². The molecule has 2 amide bonds. The van der Waals surface area contributed by atoms with Crippen LogP contribution in [-0.2, 0) is 4.79 Å². The summed E-state index contributed by atoms with van der Waals surface area (Å²) < 4.78 is 0. The van der Waals surface area contributed by atoms with Crippen molar-refractivity contribution in [2.45, 2.75) is 58.4 Å². The van der Waals surface area contributed by atoms with E-state index in [1.54, 1.807) is 18.7 Å². The van der Waals surface area contributed by atoms with Gasteiger partial charge in [-0.15, -0.1) is 0 Å². The lowest BCUT2D eigenvalue weighted by atomic mass is 9.98. The van der Waals surface area contributed by atoms with Crippen LogP contribution in [-0.4, -0.2) is 40.6 Å². The topological polar surface area (TPSA) is 69.6 Å². The number of carboxylic acid groups (broad SMARTS) is 1. The summed E-state index contributed by atoms with van der Waals surface area (Å²) in [5.74, 6) is -0.292. The Morgan fingerprint density at radius 2 is 2.00 bits per heavy atom.